The van der Waals surface area contributed by atoms with Gasteiger partial charge in [0.1, 0.15) is 5.82 Å². The van der Waals surface area contributed by atoms with Gasteiger partial charge in [0.15, 0.2) is 0 Å². The second kappa shape index (κ2) is 7.93. The van der Waals surface area contributed by atoms with E-state index in [0.717, 1.165) is 6.07 Å². The van der Waals surface area contributed by atoms with E-state index in [1.165, 1.54) is 12.1 Å². The van der Waals surface area contributed by atoms with Crippen molar-refractivity contribution in [1.82, 2.24) is 5.32 Å². The van der Waals surface area contributed by atoms with Gasteiger partial charge in [-0.3, -0.25) is 9.59 Å². The fourth-order valence-corrected chi connectivity index (χ4v) is 2.90. The molecular formula is C16H18ClFN3O2+. The largest absolute Gasteiger partial charge is 0.347 e. The lowest BCUT2D eigenvalue weighted by Gasteiger charge is -2.27. The van der Waals surface area contributed by atoms with Gasteiger partial charge in [-0.05, 0) is 43.9 Å². The minimum absolute atomic E-state index is 0.0442. The molecule has 0 heterocycles. The number of carbonyl (C=O) groups excluding carboxylic acids is 2. The zero-order valence-electron chi connectivity index (χ0n) is 12.5. The van der Waals surface area contributed by atoms with Gasteiger partial charge in [-0.25, -0.2) is 4.39 Å². The van der Waals surface area contributed by atoms with Crippen LogP contribution in [0.2, 0.25) is 5.02 Å². The van der Waals surface area contributed by atoms with E-state index < -0.39 is 5.82 Å². The van der Waals surface area contributed by atoms with E-state index in [1.807, 2.05) is 0 Å². The maximum absolute atomic E-state index is 13.0. The Labute approximate surface area is 139 Å². The Morgan fingerprint density at radius 2 is 2.00 bits per heavy atom. The smallest absolute Gasteiger partial charge is 0.339 e. The van der Waals surface area contributed by atoms with Crippen molar-refractivity contribution in [2.45, 2.75) is 31.7 Å². The number of anilines is 1. The van der Waals surface area contributed by atoms with Crippen LogP contribution in [-0.2, 0) is 9.59 Å². The lowest BCUT2D eigenvalue weighted by atomic mass is 9.85. The predicted octanol–water partition coefficient (Wildman–Crippen LogP) is 3.06. The number of hydrogen-bond donors (Lipinski definition) is 2. The average molecular weight is 339 g/mol. The highest BCUT2D eigenvalue weighted by Gasteiger charge is 2.27. The average Bonchev–Trinajstić information content (AvgIpc) is 2.51. The van der Waals surface area contributed by atoms with Crippen LogP contribution in [0.15, 0.2) is 18.2 Å². The van der Waals surface area contributed by atoms with Crippen LogP contribution >= 0.6 is 11.6 Å². The van der Waals surface area contributed by atoms with E-state index >= 15 is 0 Å². The number of nitrogens with one attached hydrogen (secondary N) is 2. The Kier molecular flexibility index (Phi) is 5.94. The fourth-order valence-electron chi connectivity index (χ4n) is 2.68. The Morgan fingerprint density at radius 3 is 2.61 bits per heavy atom. The highest BCUT2D eigenvalue weighted by atomic mass is 35.5. The first kappa shape index (κ1) is 17.2. The summed E-state index contributed by atoms with van der Waals surface area (Å²) in [5.74, 6) is -0.948. The van der Waals surface area contributed by atoms with Crippen molar-refractivity contribution >= 4 is 29.1 Å². The molecule has 5 nitrogen and oxygen atoms in total. The van der Waals surface area contributed by atoms with Crippen molar-refractivity contribution in [3.63, 3.8) is 0 Å². The number of rotatable bonds is 4. The lowest BCUT2D eigenvalue weighted by Crippen LogP contribution is -2.40. The van der Waals surface area contributed by atoms with E-state index in [2.05, 4.69) is 15.5 Å². The van der Waals surface area contributed by atoms with Crippen molar-refractivity contribution in [1.29, 1.82) is 0 Å². The van der Waals surface area contributed by atoms with Gasteiger partial charge in [0.2, 0.25) is 5.91 Å². The van der Waals surface area contributed by atoms with E-state index in [4.69, 9.17) is 18.2 Å². The van der Waals surface area contributed by atoms with E-state index in [-0.39, 0.29) is 35.3 Å². The van der Waals surface area contributed by atoms with E-state index in [9.17, 15) is 14.0 Å². The summed E-state index contributed by atoms with van der Waals surface area (Å²) in [5, 5.41) is 5.73. The number of hydrogen-bond acceptors (Lipinski definition) is 2. The molecule has 0 saturated heterocycles. The van der Waals surface area contributed by atoms with Gasteiger partial charge in [0.05, 0.1) is 10.7 Å². The number of amides is 2. The van der Waals surface area contributed by atoms with Crippen LogP contribution in [0.4, 0.5) is 10.1 Å². The van der Waals surface area contributed by atoms with Gasteiger partial charge in [-0.15, -0.1) is 0 Å². The Hall–Kier alpha value is -2.13. The molecule has 122 valence electrons. The van der Waals surface area contributed by atoms with Crippen molar-refractivity contribution in [2.24, 2.45) is 5.92 Å². The topological polar surface area (TPSA) is 62.6 Å². The molecule has 0 spiro atoms. The molecule has 0 radical (unpaired) electrons. The molecule has 0 bridgehead atoms. The molecule has 0 atom stereocenters. The lowest BCUT2D eigenvalue weighted by molar-refractivity contribution is -0.121. The van der Waals surface area contributed by atoms with Gasteiger partial charge in [-0.2, -0.15) is 0 Å². The molecule has 23 heavy (non-hydrogen) atoms. The number of benzene rings is 1. The molecule has 1 saturated carbocycles. The number of carbonyl (C=O) groups is 2. The molecule has 1 aromatic carbocycles. The second-order valence-corrected chi connectivity index (χ2v) is 5.98. The van der Waals surface area contributed by atoms with Crippen LogP contribution in [-0.4, -0.2) is 24.4 Å². The third-order valence-electron chi connectivity index (χ3n) is 3.89. The SMILES string of the molecule is C#[N+]CC(=O)NC1CCC(C(=O)Nc2ccc(F)cc2Cl)CC1. The summed E-state index contributed by atoms with van der Waals surface area (Å²) in [6.45, 7) is 4.92. The summed E-state index contributed by atoms with van der Waals surface area (Å²) in [6.07, 6.45) is 2.75. The van der Waals surface area contributed by atoms with Crippen molar-refractivity contribution < 1.29 is 14.0 Å². The first-order valence-corrected chi connectivity index (χ1v) is 7.79. The summed E-state index contributed by atoms with van der Waals surface area (Å²) in [4.78, 5) is 27.0. The molecule has 7 heteroatoms. The number of nitrogens with zero attached hydrogens (tertiary/aromatic N) is 1. The molecule has 2 amide bonds. The zero-order chi connectivity index (χ0) is 16.8. The molecule has 1 fully saturated rings. The molecule has 1 aromatic rings. The van der Waals surface area contributed by atoms with Gasteiger partial charge in [-0.1, -0.05) is 16.4 Å². The zero-order valence-corrected chi connectivity index (χ0v) is 13.3. The highest BCUT2D eigenvalue weighted by Crippen LogP contribution is 2.28. The summed E-state index contributed by atoms with van der Waals surface area (Å²) >= 11 is 5.90. The Balaban J connectivity index is 1.84. The summed E-state index contributed by atoms with van der Waals surface area (Å²) in [7, 11) is 0. The van der Waals surface area contributed by atoms with Crippen molar-refractivity contribution in [3.05, 3.63) is 33.9 Å². The first-order valence-electron chi connectivity index (χ1n) is 7.41. The standard InChI is InChI=1S/C16H17ClFN3O2/c1-19-9-15(22)20-12-5-2-10(3-6-12)16(23)21-14-7-4-11(18)8-13(14)17/h1,4,7-8,10,12H,2-3,5-6,9H2,(H-,20,21,22,23)/p+1. The minimum Gasteiger partial charge on any atom is -0.347 e. The molecule has 0 aliphatic heterocycles. The van der Waals surface area contributed by atoms with Crippen LogP contribution in [0.25, 0.3) is 4.85 Å². The van der Waals surface area contributed by atoms with Crippen LogP contribution < -0.4 is 10.6 Å². The maximum atomic E-state index is 13.0. The quantitative estimate of drug-likeness (QED) is 0.886. The summed E-state index contributed by atoms with van der Waals surface area (Å²) < 4.78 is 13.0. The van der Waals surface area contributed by atoms with Gasteiger partial charge >= 0.3 is 12.5 Å². The molecule has 1 aliphatic rings. The normalized spacial score (nSPS) is 20.4. The third kappa shape index (κ3) is 4.93. The predicted molar refractivity (Wildman–Crippen MR) is 87.1 cm³/mol. The van der Waals surface area contributed by atoms with Gasteiger partial charge in [0, 0.05) is 12.0 Å². The van der Waals surface area contributed by atoms with Gasteiger partial charge in [0.25, 0.3) is 6.57 Å². The van der Waals surface area contributed by atoms with Crippen molar-refractivity contribution in [3.8, 4) is 6.57 Å². The summed E-state index contributed by atoms with van der Waals surface area (Å²) in [5.41, 5.74) is 0.401. The fraction of sp³-hybridized carbons (Fsp3) is 0.438. The minimum atomic E-state index is -0.450. The van der Waals surface area contributed by atoms with Crippen LogP contribution in [0.5, 0.6) is 0 Å². The highest BCUT2D eigenvalue weighted by molar-refractivity contribution is 6.33. The number of halogens is 2. The van der Waals surface area contributed by atoms with Crippen LogP contribution in [0.1, 0.15) is 25.7 Å². The van der Waals surface area contributed by atoms with E-state index in [1.54, 1.807) is 0 Å². The second-order valence-electron chi connectivity index (χ2n) is 5.57. The van der Waals surface area contributed by atoms with Gasteiger partial charge < -0.3 is 10.6 Å². The Bertz CT molecular complexity index is 637. The van der Waals surface area contributed by atoms with Crippen LogP contribution in [0, 0.1) is 18.3 Å². The van der Waals surface area contributed by atoms with Crippen molar-refractivity contribution in [2.75, 3.05) is 11.9 Å². The third-order valence-corrected chi connectivity index (χ3v) is 4.20. The molecular weight excluding hydrogens is 321 g/mol. The molecule has 1 aliphatic carbocycles. The monoisotopic (exact) mass is 338 g/mol. The molecule has 2 N–H and O–H groups in total. The molecule has 2 rings (SSSR count). The summed E-state index contributed by atoms with van der Waals surface area (Å²) in [6, 6.07) is 3.89. The first-order chi connectivity index (χ1) is 11.0. The Morgan fingerprint density at radius 1 is 1.30 bits per heavy atom. The van der Waals surface area contributed by atoms with E-state index in [0.29, 0.717) is 31.4 Å². The molecule has 0 unspecified atom stereocenters. The van der Waals surface area contributed by atoms with Crippen LogP contribution in [0.3, 0.4) is 0 Å². The maximum Gasteiger partial charge on any atom is 0.339 e. The molecule has 0 aromatic heterocycles.